The first kappa shape index (κ1) is 16.0. The fourth-order valence-electron chi connectivity index (χ4n) is 3.04. The van der Waals surface area contributed by atoms with Crippen LogP contribution in [0, 0.1) is 0 Å². The molecule has 2 N–H and O–H groups in total. The molecule has 1 fully saturated rings. The fourth-order valence-corrected chi connectivity index (χ4v) is 3.04. The zero-order valence-electron chi connectivity index (χ0n) is 13.6. The highest BCUT2D eigenvalue weighted by atomic mass is 16.6. The van der Waals surface area contributed by atoms with E-state index in [1.54, 1.807) is 13.2 Å². The second-order valence-corrected chi connectivity index (χ2v) is 5.60. The summed E-state index contributed by atoms with van der Waals surface area (Å²) in [5, 5.41) is 6.63. The smallest absolute Gasteiger partial charge is 0.344 e. The Balaban J connectivity index is 1.66. The van der Waals surface area contributed by atoms with Crippen LogP contribution in [0.15, 0.2) is 12.1 Å². The maximum absolute atomic E-state index is 12.2. The number of fused-ring (bicyclic) bond motifs is 1. The van der Waals surface area contributed by atoms with Crippen LogP contribution in [0.2, 0.25) is 0 Å². The lowest BCUT2D eigenvalue weighted by molar-refractivity contribution is 0.0300. The van der Waals surface area contributed by atoms with Gasteiger partial charge in [0.1, 0.15) is 5.56 Å². The van der Waals surface area contributed by atoms with E-state index in [4.69, 9.17) is 14.2 Å². The number of hydrogen-bond donors (Lipinski definition) is 2. The van der Waals surface area contributed by atoms with Crippen LogP contribution < -0.4 is 20.1 Å². The van der Waals surface area contributed by atoms with Crippen LogP contribution in [0.3, 0.4) is 0 Å². The van der Waals surface area contributed by atoms with Crippen LogP contribution in [0.4, 0.5) is 0 Å². The molecule has 1 atom stereocenters. The number of benzene rings is 1. The van der Waals surface area contributed by atoms with Gasteiger partial charge in [-0.3, -0.25) is 10.2 Å². The van der Waals surface area contributed by atoms with Crippen molar-refractivity contribution in [3.8, 4) is 11.5 Å². The topological polar surface area (TPSA) is 72.1 Å². The summed E-state index contributed by atoms with van der Waals surface area (Å²) in [5.74, 6) is 0.585. The highest BCUT2D eigenvalue weighted by Gasteiger charge is 2.35. The predicted octanol–water partition coefficient (Wildman–Crippen LogP) is 0.368. The number of carbonyl (C=O) groups excluding carboxylic acids is 1. The molecule has 7 nitrogen and oxygen atoms in total. The molecule has 0 bridgehead atoms. The average Bonchev–Trinajstić information content (AvgIpc) is 2.91. The third-order valence-electron chi connectivity index (χ3n) is 4.26. The van der Waals surface area contributed by atoms with Crippen molar-refractivity contribution in [2.24, 2.45) is 0 Å². The van der Waals surface area contributed by atoms with E-state index >= 15 is 0 Å². The summed E-state index contributed by atoms with van der Waals surface area (Å²) in [6.45, 7) is 5.84. The van der Waals surface area contributed by atoms with E-state index in [1.807, 2.05) is 6.07 Å². The number of nitrogens with one attached hydrogen (secondary N) is 2. The molecule has 2 aliphatic rings. The van der Waals surface area contributed by atoms with Crippen molar-refractivity contribution in [2.45, 2.75) is 6.23 Å². The quantitative estimate of drug-likeness (QED) is 0.733. The van der Waals surface area contributed by atoms with Gasteiger partial charge >= 0.3 is 5.97 Å². The number of cyclic esters (lactones) is 1. The van der Waals surface area contributed by atoms with Gasteiger partial charge in [-0.05, 0) is 12.1 Å². The summed E-state index contributed by atoms with van der Waals surface area (Å²) >= 11 is 0. The van der Waals surface area contributed by atoms with Crippen molar-refractivity contribution in [3.63, 3.8) is 0 Å². The molecule has 0 radical (unpaired) electrons. The van der Waals surface area contributed by atoms with Crippen LogP contribution in [0.1, 0.15) is 22.1 Å². The van der Waals surface area contributed by atoms with Crippen LogP contribution in [-0.4, -0.2) is 64.4 Å². The van der Waals surface area contributed by atoms with E-state index in [1.165, 1.54) is 7.11 Å². The SMILES string of the molecule is COc1ccc2c(c1OC)C(=O)O[C@H]2NCCN1CCNCC1. The molecular formula is C16H23N3O4. The maximum Gasteiger partial charge on any atom is 0.344 e. The van der Waals surface area contributed by atoms with Crippen molar-refractivity contribution >= 4 is 5.97 Å². The predicted molar refractivity (Wildman–Crippen MR) is 85.0 cm³/mol. The number of carbonyl (C=O) groups is 1. The van der Waals surface area contributed by atoms with Crippen molar-refractivity contribution in [1.29, 1.82) is 0 Å². The van der Waals surface area contributed by atoms with E-state index < -0.39 is 6.23 Å². The number of esters is 1. The summed E-state index contributed by atoms with van der Waals surface area (Å²) in [5.41, 5.74) is 1.25. The number of methoxy groups -OCH3 is 2. The van der Waals surface area contributed by atoms with Gasteiger partial charge in [0, 0.05) is 44.8 Å². The van der Waals surface area contributed by atoms with Crippen LogP contribution in [0.5, 0.6) is 11.5 Å². The Morgan fingerprint density at radius 2 is 2.09 bits per heavy atom. The lowest BCUT2D eigenvalue weighted by Gasteiger charge is -2.27. The standard InChI is InChI=1S/C16H23N3O4/c1-21-12-4-3-11-13(14(12)22-2)16(20)23-15(11)18-7-10-19-8-5-17-6-9-19/h3-4,15,17-18H,5-10H2,1-2H3/t15-/m1/s1. The molecule has 1 aromatic rings. The Hall–Kier alpha value is -1.83. The molecule has 0 aliphatic carbocycles. The summed E-state index contributed by atoms with van der Waals surface area (Å²) < 4.78 is 16.0. The van der Waals surface area contributed by atoms with E-state index in [0.29, 0.717) is 17.1 Å². The normalized spacial score (nSPS) is 21.0. The zero-order valence-corrected chi connectivity index (χ0v) is 13.6. The molecule has 1 saturated heterocycles. The van der Waals surface area contributed by atoms with Gasteiger partial charge in [0.05, 0.1) is 14.2 Å². The molecule has 2 heterocycles. The monoisotopic (exact) mass is 321 g/mol. The largest absolute Gasteiger partial charge is 0.493 e. The zero-order chi connectivity index (χ0) is 16.2. The second-order valence-electron chi connectivity index (χ2n) is 5.60. The minimum atomic E-state index is -0.430. The average molecular weight is 321 g/mol. The highest BCUT2D eigenvalue weighted by Crippen LogP contribution is 2.40. The van der Waals surface area contributed by atoms with Gasteiger partial charge in [-0.25, -0.2) is 4.79 Å². The van der Waals surface area contributed by atoms with Gasteiger partial charge in [-0.1, -0.05) is 0 Å². The third-order valence-corrected chi connectivity index (χ3v) is 4.26. The van der Waals surface area contributed by atoms with Gasteiger partial charge in [0.25, 0.3) is 0 Å². The van der Waals surface area contributed by atoms with Crippen molar-refractivity contribution in [1.82, 2.24) is 15.5 Å². The van der Waals surface area contributed by atoms with Crippen molar-refractivity contribution in [2.75, 3.05) is 53.5 Å². The molecule has 126 valence electrons. The first-order valence-electron chi connectivity index (χ1n) is 7.87. The summed E-state index contributed by atoms with van der Waals surface area (Å²) in [4.78, 5) is 14.6. The Morgan fingerprint density at radius 3 is 2.78 bits per heavy atom. The molecule has 7 heteroatoms. The van der Waals surface area contributed by atoms with Gasteiger partial charge in [-0.15, -0.1) is 0 Å². The molecule has 0 amide bonds. The maximum atomic E-state index is 12.2. The Morgan fingerprint density at radius 1 is 1.30 bits per heavy atom. The minimum absolute atomic E-state index is 0.379. The molecule has 3 rings (SSSR count). The second kappa shape index (κ2) is 7.16. The van der Waals surface area contributed by atoms with E-state index in [2.05, 4.69) is 15.5 Å². The van der Waals surface area contributed by atoms with Gasteiger partial charge in [0.15, 0.2) is 17.7 Å². The van der Waals surface area contributed by atoms with Gasteiger partial charge < -0.3 is 19.5 Å². The molecule has 0 spiro atoms. The fraction of sp³-hybridized carbons (Fsp3) is 0.562. The van der Waals surface area contributed by atoms with E-state index in [-0.39, 0.29) is 5.97 Å². The number of piperazine rings is 1. The van der Waals surface area contributed by atoms with E-state index in [0.717, 1.165) is 44.8 Å². The molecule has 0 unspecified atom stereocenters. The Labute approximate surface area is 135 Å². The van der Waals surface area contributed by atoms with E-state index in [9.17, 15) is 4.79 Å². The molecule has 0 aromatic heterocycles. The third kappa shape index (κ3) is 3.26. The van der Waals surface area contributed by atoms with Crippen molar-refractivity contribution in [3.05, 3.63) is 23.3 Å². The highest BCUT2D eigenvalue weighted by molar-refractivity contribution is 5.98. The molecular weight excluding hydrogens is 298 g/mol. The molecule has 23 heavy (non-hydrogen) atoms. The van der Waals surface area contributed by atoms with Crippen molar-refractivity contribution < 1.29 is 19.0 Å². The molecule has 1 aromatic carbocycles. The number of rotatable bonds is 6. The molecule has 2 aliphatic heterocycles. The number of ether oxygens (including phenoxy) is 3. The molecule has 0 saturated carbocycles. The Bertz CT molecular complexity index is 573. The summed E-state index contributed by atoms with van der Waals surface area (Å²) in [6, 6.07) is 3.65. The summed E-state index contributed by atoms with van der Waals surface area (Å²) in [6.07, 6.45) is -0.430. The van der Waals surface area contributed by atoms with Gasteiger partial charge in [0.2, 0.25) is 0 Å². The lowest BCUT2D eigenvalue weighted by Crippen LogP contribution is -2.46. The minimum Gasteiger partial charge on any atom is -0.493 e. The Kier molecular flexibility index (Phi) is 5.00. The number of hydrogen-bond acceptors (Lipinski definition) is 7. The lowest BCUT2D eigenvalue weighted by atomic mass is 10.1. The first-order chi connectivity index (χ1) is 11.2. The number of nitrogens with zero attached hydrogens (tertiary/aromatic N) is 1. The van der Waals surface area contributed by atoms with Gasteiger partial charge in [-0.2, -0.15) is 0 Å². The van der Waals surface area contributed by atoms with Crippen LogP contribution in [-0.2, 0) is 4.74 Å². The first-order valence-corrected chi connectivity index (χ1v) is 7.87. The van der Waals surface area contributed by atoms with Crippen LogP contribution in [0.25, 0.3) is 0 Å². The summed E-state index contributed by atoms with van der Waals surface area (Å²) in [7, 11) is 3.07. The van der Waals surface area contributed by atoms with Crippen LogP contribution >= 0.6 is 0 Å².